The van der Waals surface area contributed by atoms with Crippen LogP contribution in [0.1, 0.15) is 129 Å². The fourth-order valence-corrected chi connectivity index (χ4v) is 8.74. The molecule has 0 heterocycles. The van der Waals surface area contributed by atoms with E-state index in [2.05, 4.69) is 26.1 Å². The van der Waals surface area contributed by atoms with E-state index in [9.17, 15) is 4.89 Å². The maximum atomic E-state index is 10.0. The van der Waals surface area contributed by atoms with E-state index in [1.54, 1.807) is 0 Å². The van der Waals surface area contributed by atoms with Crippen LogP contribution >= 0.6 is 18.4 Å². The van der Waals surface area contributed by atoms with Crippen LogP contribution in [0.4, 0.5) is 0 Å². The first kappa shape index (κ1) is 31.0. The second-order valence-corrected chi connectivity index (χ2v) is 15.3. The molecule has 0 bridgehead atoms. The van der Waals surface area contributed by atoms with Gasteiger partial charge in [-0.2, -0.15) is 10.1 Å². The molecule has 0 rings (SSSR count). The van der Waals surface area contributed by atoms with Gasteiger partial charge in [-0.15, -0.1) is 12.2 Å². The van der Waals surface area contributed by atoms with E-state index in [4.69, 9.17) is 0 Å². The van der Waals surface area contributed by atoms with E-state index in [-0.39, 0.29) is 31.1 Å². The molecule has 0 aliphatic heterocycles. The molecular formula is C22H49MoOPS2. The molecule has 1 unspecified atom stereocenters. The summed E-state index contributed by atoms with van der Waals surface area (Å²) in [4.78, 5) is 10.0. The van der Waals surface area contributed by atoms with E-state index in [0.29, 0.717) is 0 Å². The van der Waals surface area contributed by atoms with Crippen molar-refractivity contribution in [2.24, 2.45) is 0 Å². The fourth-order valence-electron chi connectivity index (χ4n) is 3.46. The van der Waals surface area contributed by atoms with Crippen molar-refractivity contribution in [3.63, 3.8) is 0 Å². The third-order valence-electron chi connectivity index (χ3n) is 5.25. The van der Waals surface area contributed by atoms with Crippen molar-refractivity contribution in [1.29, 1.82) is 0 Å². The van der Waals surface area contributed by atoms with Crippen molar-refractivity contribution in [2.75, 3.05) is 11.5 Å². The molecule has 27 heavy (non-hydrogen) atoms. The summed E-state index contributed by atoms with van der Waals surface area (Å²) in [6, 6.07) is 0. The van der Waals surface area contributed by atoms with Gasteiger partial charge in [0.15, 0.2) is 0 Å². The Hall–Kier alpha value is 1.78. The third-order valence-corrected chi connectivity index (χ3v) is 12.4. The molecule has 0 aromatic carbocycles. The van der Waals surface area contributed by atoms with Crippen molar-refractivity contribution < 1.29 is 26.0 Å². The smallest absolute Gasteiger partial charge is 0.0631 e. The topological polar surface area (TPSA) is 20.2 Å². The summed E-state index contributed by atoms with van der Waals surface area (Å²) in [6.07, 6.45) is 23.6. The minimum absolute atomic E-state index is 0. The van der Waals surface area contributed by atoms with E-state index in [1.165, 1.54) is 127 Å². The minimum Gasteiger partial charge on any atom is -0.364 e. The van der Waals surface area contributed by atoms with Crippen LogP contribution in [0.25, 0.3) is 0 Å². The molecule has 0 aliphatic rings. The van der Waals surface area contributed by atoms with E-state index < -0.39 is 6.13 Å². The Bertz CT molecular complexity index is 299. The zero-order chi connectivity index (χ0) is 19.3. The molecule has 0 aromatic heterocycles. The Morgan fingerprint density at radius 3 is 1.07 bits per heavy atom. The molecule has 166 valence electrons. The minimum atomic E-state index is -1.37. The van der Waals surface area contributed by atoms with Crippen molar-refractivity contribution in [3.8, 4) is 0 Å². The standard InChI is InChI=1S/C22H49OPS2.Mo/c1-3-5-7-9-11-13-15-17-19-21-26(24(23)25)22-20-18-16-14-12-10-8-6-4-2;/h23-25H,3-22H2,1-2H3;. The van der Waals surface area contributed by atoms with Gasteiger partial charge >= 0.3 is 0 Å². The average molecular weight is 521 g/mol. The van der Waals surface area contributed by atoms with Gasteiger partial charge in [0.2, 0.25) is 0 Å². The summed E-state index contributed by atoms with van der Waals surface area (Å²) >= 11 is 4.44. The molecule has 0 aliphatic carbocycles. The van der Waals surface area contributed by atoms with Gasteiger partial charge in [0.1, 0.15) is 0 Å². The van der Waals surface area contributed by atoms with Crippen LogP contribution in [0, 0.1) is 0 Å². The Morgan fingerprint density at radius 2 is 0.815 bits per heavy atom. The van der Waals surface area contributed by atoms with Crippen LogP contribution in [0.15, 0.2) is 0 Å². The number of hydrogen-bond donors (Lipinski definition) is 2. The van der Waals surface area contributed by atoms with E-state index >= 15 is 0 Å². The first-order valence-corrected chi connectivity index (χ1v) is 16.7. The van der Waals surface area contributed by atoms with Crippen LogP contribution in [-0.2, 0) is 31.1 Å². The Balaban J connectivity index is 0. The van der Waals surface area contributed by atoms with Crippen LogP contribution in [0.3, 0.4) is 0 Å². The first-order valence-electron chi connectivity index (χ1n) is 11.6. The van der Waals surface area contributed by atoms with E-state index in [1.807, 2.05) is 0 Å². The molecule has 0 amide bonds. The molecule has 1 N–H and O–H groups in total. The summed E-state index contributed by atoms with van der Waals surface area (Å²) in [6.45, 7) is 4.56. The zero-order valence-electron chi connectivity index (χ0n) is 18.4. The van der Waals surface area contributed by atoms with Crippen LogP contribution < -0.4 is 0 Å². The molecular weight excluding hydrogens is 471 g/mol. The normalized spacial score (nSPS) is 12.3. The molecule has 0 fully saturated rings. The van der Waals surface area contributed by atoms with Crippen molar-refractivity contribution in [2.45, 2.75) is 129 Å². The van der Waals surface area contributed by atoms with Gasteiger partial charge in [-0.05, 0) is 24.3 Å². The predicted octanol–water partition coefficient (Wildman–Crippen LogP) is 8.55. The van der Waals surface area contributed by atoms with Gasteiger partial charge in [-0.25, -0.2) is 0 Å². The maximum Gasteiger partial charge on any atom is 0.0631 e. The molecule has 0 saturated heterocycles. The first-order chi connectivity index (χ1) is 12.7. The Labute approximate surface area is 194 Å². The van der Waals surface area contributed by atoms with Crippen LogP contribution in [-0.4, -0.2) is 16.4 Å². The van der Waals surface area contributed by atoms with Gasteiger partial charge in [0, 0.05) is 21.1 Å². The summed E-state index contributed by atoms with van der Waals surface area (Å²) in [5, 5.41) is 0. The largest absolute Gasteiger partial charge is 0.364 e. The van der Waals surface area contributed by atoms with Gasteiger partial charge < -0.3 is 4.89 Å². The molecule has 1 nitrogen and oxygen atoms in total. The predicted molar refractivity (Wildman–Crippen MR) is 131 cm³/mol. The molecule has 5 heteroatoms. The number of rotatable bonds is 20. The number of hydrogen-bond acceptors (Lipinski definition) is 0. The number of unbranched alkanes of at least 4 members (excludes halogenated alkanes) is 16. The monoisotopic (exact) mass is 522 g/mol. The van der Waals surface area contributed by atoms with E-state index in [0.717, 1.165) is 0 Å². The molecule has 0 aromatic rings. The average Bonchev–Trinajstić information content (AvgIpc) is 2.63. The van der Waals surface area contributed by atoms with Crippen molar-refractivity contribution in [1.82, 2.24) is 0 Å². The van der Waals surface area contributed by atoms with Crippen molar-refractivity contribution >= 4 is 28.4 Å². The fraction of sp³-hybridized carbons (Fsp3) is 1.00. The summed E-state index contributed by atoms with van der Waals surface area (Å²) in [5.41, 5.74) is 0. The zero-order valence-corrected chi connectivity index (χ0v) is 23.1. The Morgan fingerprint density at radius 1 is 0.556 bits per heavy atom. The van der Waals surface area contributed by atoms with Gasteiger partial charge in [0.25, 0.3) is 0 Å². The quantitative estimate of drug-likeness (QED) is 0.0713. The molecule has 0 radical (unpaired) electrons. The molecule has 1 atom stereocenters. The van der Waals surface area contributed by atoms with Gasteiger partial charge in [-0.3, -0.25) is 0 Å². The second kappa shape index (κ2) is 25.8. The van der Waals surface area contributed by atoms with Gasteiger partial charge in [0.05, 0.1) is 6.13 Å². The second-order valence-electron chi connectivity index (χ2n) is 7.84. The SMILES string of the molecule is CCCCCCCCCCCS(CCCCCCCCCCC)=[PH](O)S.[Mo]. The number of thiol groups is 1. The van der Waals surface area contributed by atoms with Gasteiger partial charge in [-0.1, -0.05) is 117 Å². The van der Waals surface area contributed by atoms with Crippen LogP contribution in [0.2, 0.25) is 0 Å². The Kier molecular flexibility index (Phi) is 29.6. The maximum absolute atomic E-state index is 10.0. The third kappa shape index (κ3) is 23.9. The summed E-state index contributed by atoms with van der Waals surface area (Å²) in [5.74, 6) is 2.47. The molecule has 0 spiro atoms. The summed E-state index contributed by atoms with van der Waals surface area (Å²) in [7, 11) is 0.222. The van der Waals surface area contributed by atoms with Crippen LogP contribution in [0.5, 0.6) is 0 Å². The molecule has 0 saturated carbocycles. The van der Waals surface area contributed by atoms with Crippen molar-refractivity contribution in [3.05, 3.63) is 0 Å². The summed E-state index contributed by atoms with van der Waals surface area (Å²) < 4.78 is 0.